The summed E-state index contributed by atoms with van der Waals surface area (Å²) in [5.41, 5.74) is 2.78. The Hall–Kier alpha value is -3.39. The smallest absolute Gasteiger partial charge is 0.254 e. The number of hydrogen-bond acceptors (Lipinski definition) is 6. The van der Waals surface area contributed by atoms with Gasteiger partial charge in [-0.25, -0.2) is 4.39 Å². The maximum absolute atomic E-state index is 13.6. The van der Waals surface area contributed by atoms with Gasteiger partial charge >= 0.3 is 0 Å². The van der Waals surface area contributed by atoms with Crippen molar-refractivity contribution >= 4 is 11.8 Å². The minimum absolute atomic E-state index is 0.0640. The molecule has 0 aliphatic carbocycles. The summed E-state index contributed by atoms with van der Waals surface area (Å²) in [4.78, 5) is 19.7. The second-order valence-corrected chi connectivity index (χ2v) is 8.87. The molecule has 180 valence electrons. The summed E-state index contributed by atoms with van der Waals surface area (Å²) in [6.45, 7) is 7.71. The molecule has 1 aromatic heterocycles. The van der Waals surface area contributed by atoms with E-state index in [4.69, 9.17) is 9.26 Å². The summed E-state index contributed by atoms with van der Waals surface area (Å²) in [5.74, 6) is 0.961. The van der Waals surface area contributed by atoms with E-state index in [0.29, 0.717) is 29.4 Å². The highest BCUT2D eigenvalue weighted by Crippen LogP contribution is 2.34. The zero-order valence-electron chi connectivity index (χ0n) is 20.1. The van der Waals surface area contributed by atoms with E-state index in [9.17, 15) is 9.18 Å². The average Bonchev–Trinajstić information content (AvgIpc) is 3.26. The number of ether oxygens (including phenoxy) is 1. The van der Waals surface area contributed by atoms with Crippen LogP contribution in [0.1, 0.15) is 29.8 Å². The normalized spacial score (nSPS) is 14.5. The number of hydrogen-bond donors (Lipinski definition) is 0. The lowest BCUT2D eigenvalue weighted by molar-refractivity contribution is 0.0690. The van der Waals surface area contributed by atoms with Crippen LogP contribution < -0.4 is 9.64 Å². The number of carbonyl (C=O) groups excluding carboxylic acids is 1. The Bertz CT molecular complexity index is 1100. The first-order chi connectivity index (χ1) is 16.4. The summed E-state index contributed by atoms with van der Waals surface area (Å²) in [6.07, 6.45) is 0. The van der Waals surface area contributed by atoms with Crippen molar-refractivity contribution < 1.29 is 18.4 Å². The molecule has 0 N–H and O–H groups in total. The van der Waals surface area contributed by atoms with Crippen LogP contribution in [0, 0.1) is 5.82 Å². The van der Waals surface area contributed by atoms with E-state index in [1.807, 2.05) is 13.8 Å². The van der Waals surface area contributed by atoms with Crippen LogP contribution in [0.2, 0.25) is 0 Å². The number of rotatable bonds is 7. The van der Waals surface area contributed by atoms with Crippen molar-refractivity contribution in [2.75, 3.05) is 45.2 Å². The Kier molecular flexibility index (Phi) is 7.17. The van der Waals surface area contributed by atoms with Crippen molar-refractivity contribution in [3.8, 4) is 17.0 Å². The molecule has 4 rings (SSSR count). The van der Waals surface area contributed by atoms with Crippen LogP contribution in [0.15, 0.2) is 53.1 Å². The van der Waals surface area contributed by atoms with Crippen molar-refractivity contribution in [3.05, 3.63) is 65.5 Å². The zero-order chi connectivity index (χ0) is 24.2. The van der Waals surface area contributed by atoms with Crippen molar-refractivity contribution in [3.63, 3.8) is 0 Å². The number of benzene rings is 2. The average molecular weight is 467 g/mol. The van der Waals surface area contributed by atoms with Crippen molar-refractivity contribution in [1.82, 2.24) is 15.0 Å². The van der Waals surface area contributed by atoms with Gasteiger partial charge < -0.3 is 24.0 Å². The molecular formula is C26H31FN4O3. The highest BCUT2D eigenvalue weighted by Gasteiger charge is 2.29. The lowest BCUT2D eigenvalue weighted by Gasteiger charge is -2.33. The van der Waals surface area contributed by atoms with E-state index >= 15 is 0 Å². The third-order valence-electron chi connectivity index (χ3n) is 6.23. The highest BCUT2D eigenvalue weighted by atomic mass is 19.1. The maximum Gasteiger partial charge on any atom is 0.254 e. The number of anilines is 1. The first kappa shape index (κ1) is 23.8. The number of carbonyl (C=O) groups is 1. The van der Waals surface area contributed by atoms with Gasteiger partial charge in [-0.1, -0.05) is 5.16 Å². The first-order valence-electron chi connectivity index (χ1n) is 11.5. The number of nitrogens with zero attached hydrogens (tertiary/aromatic N) is 4. The second-order valence-electron chi connectivity index (χ2n) is 8.87. The molecule has 1 fully saturated rings. The fourth-order valence-electron chi connectivity index (χ4n) is 4.09. The molecule has 1 aliphatic heterocycles. The van der Waals surface area contributed by atoms with Crippen LogP contribution in [0.4, 0.5) is 10.3 Å². The molecule has 0 saturated carbocycles. The number of aromatic nitrogens is 1. The van der Waals surface area contributed by atoms with Crippen molar-refractivity contribution in [1.29, 1.82) is 0 Å². The summed E-state index contributed by atoms with van der Waals surface area (Å²) in [7, 11) is 3.69. The fourth-order valence-corrected chi connectivity index (χ4v) is 4.09. The van der Waals surface area contributed by atoms with Crippen molar-refractivity contribution in [2.24, 2.45) is 0 Å². The van der Waals surface area contributed by atoms with Crippen LogP contribution in [0.5, 0.6) is 5.75 Å². The van der Waals surface area contributed by atoms with Crippen LogP contribution in [0.25, 0.3) is 11.3 Å². The van der Waals surface area contributed by atoms with Gasteiger partial charge in [0.2, 0.25) is 5.88 Å². The molecule has 2 aromatic carbocycles. The topological polar surface area (TPSA) is 62.1 Å². The van der Waals surface area contributed by atoms with Gasteiger partial charge in [-0.05, 0) is 69.4 Å². The molecule has 7 nitrogen and oxygen atoms in total. The van der Waals surface area contributed by atoms with Gasteiger partial charge in [0.05, 0.1) is 19.2 Å². The molecule has 8 heteroatoms. The van der Waals surface area contributed by atoms with E-state index in [-0.39, 0.29) is 17.8 Å². The van der Waals surface area contributed by atoms with Crippen molar-refractivity contribution in [2.45, 2.75) is 26.4 Å². The Morgan fingerprint density at radius 3 is 2.32 bits per heavy atom. The van der Waals surface area contributed by atoms with Crippen LogP contribution in [0.3, 0.4) is 0 Å². The quantitative estimate of drug-likeness (QED) is 0.518. The van der Waals surface area contributed by atoms with E-state index < -0.39 is 0 Å². The van der Waals surface area contributed by atoms with E-state index in [1.54, 1.807) is 48.4 Å². The molecular weight excluding hydrogens is 435 g/mol. The number of likely N-dealkylation sites (N-methyl/N-ethyl adjacent to an activating group) is 1. The minimum atomic E-state index is -0.313. The minimum Gasteiger partial charge on any atom is -0.497 e. The van der Waals surface area contributed by atoms with Gasteiger partial charge in [-0.3, -0.25) is 4.79 Å². The standard InChI is InChI=1S/C26H31FN4O3/c1-18(2)31(25(32)20-7-11-22(33-4)12-8-20)17-23-24(19-5-9-21(27)10-6-19)28-34-26(23)30-15-13-29(3)14-16-30/h5-12,18H,13-17H2,1-4H3. The largest absolute Gasteiger partial charge is 0.497 e. The van der Waals surface area contributed by atoms with Crippen LogP contribution in [-0.4, -0.2) is 67.2 Å². The third kappa shape index (κ3) is 5.07. The third-order valence-corrected chi connectivity index (χ3v) is 6.23. The van der Waals surface area contributed by atoms with Crippen LogP contribution in [-0.2, 0) is 6.54 Å². The lowest BCUT2D eigenvalue weighted by Crippen LogP contribution is -2.45. The maximum atomic E-state index is 13.6. The van der Waals surface area contributed by atoms with E-state index in [1.165, 1.54) is 12.1 Å². The van der Waals surface area contributed by atoms with Gasteiger partial charge in [0.15, 0.2) is 0 Å². The monoisotopic (exact) mass is 466 g/mol. The van der Waals surface area contributed by atoms with Crippen LogP contribution >= 0.6 is 0 Å². The first-order valence-corrected chi connectivity index (χ1v) is 11.5. The Morgan fingerprint density at radius 2 is 1.74 bits per heavy atom. The number of methoxy groups -OCH3 is 1. The molecule has 1 amide bonds. The molecule has 0 bridgehead atoms. The molecule has 1 saturated heterocycles. The van der Waals surface area contributed by atoms with Gasteiger partial charge in [0.1, 0.15) is 17.3 Å². The molecule has 0 unspecified atom stereocenters. The number of halogens is 1. The van der Waals surface area contributed by atoms with Gasteiger partial charge in [0, 0.05) is 43.3 Å². The number of piperazine rings is 1. The molecule has 0 atom stereocenters. The summed E-state index contributed by atoms with van der Waals surface area (Å²) in [5, 5.41) is 4.37. The summed E-state index contributed by atoms with van der Waals surface area (Å²) >= 11 is 0. The summed E-state index contributed by atoms with van der Waals surface area (Å²) in [6, 6.07) is 13.2. The Labute approximate surface area is 199 Å². The van der Waals surface area contributed by atoms with Gasteiger partial charge in [-0.15, -0.1) is 0 Å². The predicted molar refractivity (Wildman–Crippen MR) is 130 cm³/mol. The Balaban J connectivity index is 1.71. The second kappa shape index (κ2) is 10.3. The molecule has 3 aromatic rings. The molecule has 34 heavy (non-hydrogen) atoms. The summed E-state index contributed by atoms with van der Waals surface area (Å²) < 4.78 is 24.7. The van der Waals surface area contributed by atoms with Gasteiger partial charge in [-0.2, -0.15) is 0 Å². The molecule has 0 spiro atoms. The predicted octanol–water partition coefficient (Wildman–Crippen LogP) is 4.29. The fraction of sp³-hybridized carbons (Fsp3) is 0.385. The Morgan fingerprint density at radius 1 is 1.09 bits per heavy atom. The van der Waals surface area contributed by atoms with E-state index in [0.717, 1.165) is 37.3 Å². The highest BCUT2D eigenvalue weighted by molar-refractivity contribution is 5.94. The lowest BCUT2D eigenvalue weighted by atomic mass is 10.0. The van der Waals surface area contributed by atoms with Gasteiger partial charge in [0.25, 0.3) is 5.91 Å². The zero-order valence-corrected chi connectivity index (χ0v) is 20.1. The SMILES string of the molecule is COc1ccc(C(=O)N(Cc2c(-c3ccc(F)cc3)noc2N2CCN(C)CC2)C(C)C)cc1. The molecule has 2 heterocycles. The van der Waals surface area contributed by atoms with E-state index in [2.05, 4.69) is 22.0 Å². The molecule has 1 aliphatic rings. The molecule has 0 radical (unpaired) electrons. The number of amides is 1.